The zero-order chi connectivity index (χ0) is 13.4. The van der Waals surface area contributed by atoms with Crippen LogP contribution >= 0.6 is 0 Å². The average molecular weight is 253 g/mol. The Labute approximate surface area is 106 Å². The molecule has 0 heterocycles. The Kier molecular flexibility index (Phi) is 6.18. The Hall–Kier alpha value is -1.59. The zero-order valence-electron chi connectivity index (χ0n) is 10.4. The van der Waals surface area contributed by atoms with Crippen LogP contribution in [0.25, 0.3) is 0 Å². The number of ether oxygens (including phenoxy) is 1. The SMILES string of the molecule is CCO[C@H](CO)CCNC(=O)c1ccc(O)cc1. The first-order valence-electron chi connectivity index (χ1n) is 5.97. The molecule has 100 valence electrons. The van der Waals surface area contributed by atoms with E-state index < -0.39 is 0 Å². The molecule has 5 heteroatoms. The Bertz CT molecular complexity index is 364. The lowest BCUT2D eigenvalue weighted by Crippen LogP contribution is -2.29. The number of benzene rings is 1. The molecule has 5 nitrogen and oxygen atoms in total. The second-order valence-corrected chi connectivity index (χ2v) is 3.85. The highest BCUT2D eigenvalue weighted by Gasteiger charge is 2.09. The van der Waals surface area contributed by atoms with Gasteiger partial charge >= 0.3 is 0 Å². The number of phenols is 1. The van der Waals surface area contributed by atoms with Gasteiger partial charge in [0.1, 0.15) is 5.75 Å². The number of phenolic OH excluding ortho intramolecular Hbond substituents is 1. The number of rotatable bonds is 7. The van der Waals surface area contributed by atoms with Gasteiger partial charge in [-0.05, 0) is 37.6 Å². The summed E-state index contributed by atoms with van der Waals surface area (Å²) in [6.45, 7) is 2.78. The van der Waals surface area contributed by atoms with Gasteiger partial charge in [0.2, 0.25) is 0 Å². The predicted octanol–water partition coefficient (Wildman–Crippen LogP) is 0.909. The molecule has 1 atom stereocenters. The maximum atomic E-state index is 11.7. The van der Waals surface area contributed by atoms with Crippen LogP contribution < -0.4 is 5.32 Å². The molecule has 0 radical (unpaired) electrons. The van der Waals surface area contributed by atoms with E-state index in [0.717, 1.165) is 0 Å². The third kappa shape index (κ3) is 4.73. The summed E-state index contributed by atoms with van der Waals surface area (Å²) < 4.78 is 5.26. The van der Waals surface area contributed by atoms with Gasteiger partial charge in [-0.1, -0.05) is 0 Å². The van der Waals surface area contributed by atoms with Crippen LogP contribution in [0.15, 0.2) is 24.3 Å². The molecule has 1 aromatic rings. The summed E-state index contributed by atoms with van der Waals surface area (Å²) in [4.78, 5) is 11.7. The van der Waals surface area contributed by atoms with Gasteiger partial charge in [0.15, 0.2) is 0 Å². The van der Waals surface area contributed by atoms with E-state index in [4.69, 9.17) is 14.9 Å². The molecular weight excluding hydrogens is 234 g/mol. The summed E-state index contributed by atoms with van der Waals surface area (Å²) in [5, 5.41) is 20.8. The molecule has 0 fully saturated rings. The third-order valence-electron chi connectivity index (χ3n) is 2.49. The van der Waals surface area contributed by atoms with Gasteiger partial charge in [-0.3, -0.25) is 4.79 Å². The number of hydrogen-bond acceptors (Lipinski definition) is 4. The first-order valence-corrected chi connectivity index (χ1v) is 5.97. The minimum Gasteiger partial charge on any atom is -0.508 e. The van der Waals surface area contributed by atoms with Crippen molar-refractivity contribution in [1.29, 1.82) is 0 Å². The number of nitrogens with one attached hydrogen (secondary N) is 1. The molecule has 1 aromatic carbocycles. The van der Waals surface area contributed by atoms with Crippen LogP contribution in [0, 0.1) is 0 Å². The van der Waals surface area contributed by atoms with Crippen molar-refractivity contribution in [1.82, 2.24) is 5.32 Å². The van der Waals surface area contributed by atoms with Crippen molar-refractivity contribution in [2.75, 3.05) is 19.8 Å². The normalized spacial score (nSPS) is 12.1. The topological polar surface area (TPSA) is 78.8 Å². The first-order chi connectivity index (χ1) is 8.67. The molecular formula is C13H19NO4. The van der Waals surface area contributed by atoms with Crippen LogP contribution in [-0.4, -0.2) is 42.0 Å². The zero-order valence-corrected chi connectivity index (χ0v) is 10.4. The molecule has 0 saturated heterocycles. The van der Waals surface area contributed by atoms with Gasteiger partial charge in [-0.15, -0.1) is 0 Å². The summed E-state index contributed by atoms with van der Waals surface area (Å²) in [6, 6.07) is 6.03. The van der Waals surface area contributed by atoms with Gasteiger partial charge < -0.3 is 20.3 Å². The van der Waals surface area contributed by atoms with Crippen LogP contribution in [0.5, 0.6) is 5.75 Å². The predicted molar refractivity (Wildman–Crippen MR) is 67.6 cm³/mol. The highest BCUT2D eigenvalue weighted by atomic mass is 16.5. The van der Waals surface area contributed by atoms with Crippen molar-refractivity contribution in [3.63, 3.8) is 0 Å². The minimum atomic E-state index is -0.241. The maximum Gasteiger partial charge on any atom is 0.251 e. The molecule has 0 aliphatic carbocycles. The standard InChI is InChI=1S/C13H19NO4/c1-2-18-12(9-15)7-8-14-13(17)10-3-5-11(16)6-4-10/h3-6,12,15-16H,2,7-9H2,1H3,(H,14,17)/t12-/m0/s1. The lowest BCUT2D eigenvalue weighted by Gasteiger charge is -2.14. The molecule has 0 saturated carbocycles. The van der Waals surface area contributed by atoms with Crippen molar-refractivity contribution in [3.8, 4) is 5.75 Å². The van der Waals surface area contributed by atoms with E-state index in [1.54, 1.807) is 12.1 Å². The van der Waals surface area contributed by atoms with Crippen LogP contribution in [0.3, 0.4) is 0 Å². The number of carbonyl (C=O) groups is 1. The van der Waals surface area contributed by atoms with Crippen molar-refractivity contribution >= 4 is 5.91 Å². The maximum absolute atomic E-state index is 11.7. The lowest BCUT2D eigenvalue weighted by atomic mass is 10.2. The fourth-order valence-corrected chi connectivity index (χ4v) is 1.52. The molecule has 0 bridgehead atoms. The molecule has 0 aromatic heterocycles. The average Bonchev–Trinajstić information content (AvgIpc) is 2.38. The number of amides is 1. The summed E-state index contributed by atoms with van der Waals surface area (Å²) in [5.74, 6) is -0.0774. The highest BCUT2D eigenvalue weighted by molar-refractivity contribution is 5.94. The fraction of sp³-hybridized carbons (Fsp3) is 0.462. The van der Waals surface area contributed by atoms with Gasteiger partial charge in [0.05, 0.1) is 12.7 Å². The minimum absolute atomic E-state index is 0.0527. The Morgan fingerprint density at radius 3 is 2.61 bits per heavy atom. The molecule has 1 amide bonds. The lowest BCUT2D eigenvalue weighted by molar-refractivity contribution is 0.0154. The quantitative estimate of drug-likeness (QED) is 0.675. The van der Waals surface area contributed by atoms with E-state index in [2.05, 4.69) is 5.32 Å². The number of aromatic hydroxyl groups is 1. The summed E-state index contributed by atoms with van der Waals surface area (Å²) in [5.41, 5.74) is 0.491. The van der Waals surface area contributed by atoms with E-state index >= 15 is 0 Å². The van der Waals surface area contributed by atoms with E-state index in [1.165, 1.54) is 12.1 Å². The fourth-order valence-electron chi connectivity index (χ4n) is 1.52. The number of aliphatic hydroxyl groups is 1. The second kappa shape index (κ2) is 7.68. The smallest absolute Gasteiger partial charge is 0.251 e. The number of carbonyl (C=O) groups excluding carboxylic acids is 1. The van der Waals surface area contributed by atoms with Gasteiger partial charge in [0.25, 0.3) is 5.91 Å². The Morgan fingerprint density at radius 2 is 2.06 bits per heavy atom. The first kappa shape index (κ1) is 14.5. The highest BCUT2D eigenvalue weighted by Crippen LogP contribution is 2.09. The van der Waals surface area contributed by atoms with E-state index in [-0.39, 0.29) is 24.4 Å². The van der Waals surface area contributed by atoms with Crippen LogP contribution in [-0.2, 0) is 4.74 Å². The van der Waals surface area contributed by atoms with E-state index in [1.807, 2.05) is 6.92 Å². The number of aliphatic hydroxyl groups excluding tert-OH is 1. The van der Waals surface area contributed by atoms with Crippen molar-refractivity contribution < 1.29 is 19.7 Å². The van der Waals surface area contributed by atoms with Gasteiger partial charge in [-0.2, -0.15) is 0 Å². The van der Waals surface area contributed by atoms with Gasteiger partial charge in [-0.25, -0.2) is 0 Å². The van der Waals surface area contributed by atoms with Gasteiger partial charge in [0, 0.05) is 18.7 Å². The molecule has 0 unspecified atom stereocenters. The van der Waals surface area contributed by atoms with E-state index in [0.29, 0.717) is 25.1 Å². The number of hydrogen-bond donors (Lipinski definition) is 3. The van der Waals surface area contributed by atoms with Crippen LogP contribution in [0.1, 0.15) is 23.7 Å². The molecule has 1 rings (SSSR count). The summed E-state index contributed by atoms with van der Waals surface area (Å²) in [6.07, 6.45) is 0.323. The monoisotopic (exact) mass is 253 g/mol. The third-order valence-corrected chi connectivity index (χ3v) is 2.49. The van der Waals surface area contributed by atoms with Crippen molar-refractivity contribution in [2.45, 2.75) is 19.4 Å². The van der Waals surface area contributed by atoms with Crippen LogP contribution in [0.2, 0.25) is 0 Å². The van der Waals surface area contributed by atoms with Crippen molar-refractivity contribution in [2.24, 2.45) is 0 Å². The molecule has 18 heavy (non-hydrogen) atoms. The summed E-state index contributed by atoms with van der Waals surface area (Å²) in [7, 11) is 0. The van der Waals surface area contributed by atoms with Crippen molar-refractivity contribution in [3.05, 3.63) is 29.8 Å². The second-order valence-electron chi connectivity index (χ2n) is 3.85. The molecule has 0 aliphatic rings. The van der Waals surface area contributed by atoms with Crippen LogP contribution in [0.4, 0.5) is 0 Å². The largest absolute Gasteiger partial charge is 0.508 e. The molecule has 0 aliphatic heterocycles. The molecule has 3 N–H and O–H groups in total. The van der Waals surface area contributed by atoms with E-state index in [9.17, 15) is 4.79 Å². The Morgan fingerprint density at radius 1 is 1.39 bits per heavy atom. The Balaban J connectivity index is 2.35. The molecule has 0 spiro atoms. The summed E-state index contributed by atoms with van der Waals surface area (Å²) >= 11 is 0.